The van der Waals surface area contributed by atoms with E-state index in [1.807, 2.05) is 25.1 Å². The number of aliphatic carboxylic acids is 1. The summed E-state index contributed by atoms with van der Waals surface area (Å²) in [5.74, 6) is -0.844. The van der Waals surface area contributed by atoms with Crippen LogP contribution in [0.2, 0.25) is 0 Å². The quantitative estimate of drug-likeness (QED) is 0.747. The van der Waals surface area contributed by atoms with E-state index in [-0.39, 0.29) is 17.7 Å². The van der Waals surface area contributed by atoms with Gasteiger partial charge in [0.1, 0.15) is 0 Å². The number of carboxylic acid groups (broad SMARTS) is 1. The highest BCUT2D eigenvalue weighted by Gasteiger charge is 2.35. The molecule has 1 unspecified atom stereocenters. The Morgan fingerprint density at radius 2 is 2.05 bits per heavy atom. The van der Waals surface area contributed by atoms with Gasteiger partial charge in [-0.1, -0.05) is 24.3 Å². The molecule has 0 saturated carbocycles. The average Bonchev–Trinajstić information content (AvgIpc) is 2.85. The molecule has 3 N–H and O–H groups in total. The highest BCUT2D eigenvalue weighted by atomic mass is 16.4. The van der Waals surface area contributed by atoms with Gasteiger partial charge < -0.3 is 15.7 Å². The molecule has 5 nitrogen and oxygen atoms in total. The maximum absolute atomic E-state index is 12.2. The van der Waals surface area contributed by atoms with Crippen molar-refractivity contribution < 1.29 is 14.7 Å². The van der Waals surface area contributed by atoms with Gasteiger partial charge >= 0.3 is 5.97 Å². The second kappa shape index (κ2) is 6.05. The third-order valence-electron chi connectivity index (χ3n) is 3.82. The fourth-order valence-corrected chi connectivity index (χ4v) is 2.46. The Hall–Kier alpha value is -1.88. The van der Waals surface area contributed by atoms with E-state index in [0.717, 1.165) is 24.1 Å². The molecule has 1 heterocycles. The van der Waals surface area contributed by atoms with Crippen LogP contribution in [0.1, 0.15) is 24.5 Å². The first-order chi connectivity index (χ1) is 9.51. The molecule has 0 aromatic heterocycles. The van der Waals surface area contributed by atoms with Crippen LogP contribution in [-0.2, 0) is 22.6 Å². The summed E-state index contributed by atoms with van der Waals surface area (Å²) >= 11 is 0. The molecule has 5 heteroatoms. The van der Waals surface area contributed by atoms with E-state index in [1.54, 1.807) is 6.07 Å². The van der Waals surface area contributed by atoms with Gasteiger partial charge in [0.25, 0.3) is 0 Å². The minimum absolute atomic E-state index is 0.0210. The molecular formula is C15H20N2O3. The van der Waals surface area contributed by atoms with Crippen molar-refractivity contribution in [3.8, 4) is 0 Å². The van der Waals surface area contributed by atoms with E-state index < -0.39 is 5.97 Å². The van der Waals surface area contributed by atoms with E-state index in [0.29, 0.717) is 13.1 Å². The zero-order valence-electron chi connectivity index (χ0n) is 11.6. The van der Waals surface area contributed by atoms with Gasteiger partial charge in [-0.2, -0.15) is 0 Å². The molecule has 0 bridgehead atoms. The topological polar surface area (TPSA) is 78.4 Å². The molecule has 20 heavy (non-hydrogen) atoms. The minimum Gasteiger partial charge on any atom is -0.481 e. The molecule has 1 fully saturated rings. The lowest BCUT2D eigenvalue weighted by molar-refractivity contribution is -0.136. The Balaban J connectivity index is 2.00. The predicted octanol–water partition coefficient (Wildman–Crippen LogP) is 0.929. The SMILES string of the molecule is CC1(C(=O)NCc2ccccc2CC(=O)O)CCNC1. The van der Waals surface area contributed by atoms with Crippen LogP contribution in [0.4, 0.5) is 0 Å². The smallest absolute Gasteiger partial charge is 0.307 e. The molecule has 1 aromatic rings. The van der Waals surface area contributed by atoms with Gasteiger partial charge in [-0.25, -0.2) is 0 Å². The van der Waals surface area contributed by atoms with Gasteiger partial charge in [0.15, 0.2) is 0 Å². The zero-order valence-corrected chi connectivity index (χ0v) is 11.6. The van der Waals surface area contributed by atoms with Crippen molar-refractivity contribution in [2.45, 2.75) is 26.3 Å². The number of nitrogens with one attached hydrogen (secondary N) is 2. The number of hydrogen-bond acceptors (Lipinski definition) is 3. The number of carbonyl (C=O) groups excluding carboxylic acids is 1. The third-order valence-corrected chi connectivity index (χ3v) is 3.82. The van der Waals surface area contributed by atoms with Crippen molar-refractivity contribution in [2.75, 3.05) is 13.1 Å². The van der Waals surface area contributed by atoms with Gasteiger partial charge in [-0.05, 0) is 31.0 Å². The summed E-state index contributed by atoms with van der Waals surface area (Å²) in [5.41, 5.74) is 1.25. The van der Waals surface area contributed by atoms with E-state index in [9.17, 15) is 9.59 Å². The zero-order chi connectivity index (χ0) is 14.6. The predicted molar refractivity (Wildman–Crippen MR) is 75.2 cm³/mol. The highest BCUT2D eigenvalue weighted by molar-refractivity contribution is 5.83. The van der Waals surface area contributed by atoms with Crippen LogP contribution in [0.25, 0.3) is 0 Å². The first kappa shape index (κ1) is 14.5. The third kappa shape index (κ3) is 3.36. The fraction of sp³-hybridized carbons (Fsp3) is 0.467. The van der Waals surface area contributed by atoms with Gasteiger partial charge in [0.2, 0.25) is 5.91 Å². The molecule has 0 spiro atoms. The number of carboxylic acids is 1. The molecule has 108 valence electrons. The summed E-state index contributed by atoms with van der Waals surface area (Å²) in [5, 5.41) is 15.0. The summed E-state index contributed by atoms with van der Waals surface area (Å²) in [6.07, 6.45) is 0.806. The lowest BCUT2D eigenvalue weighted by atomic mass is 9.88. The van der Waals surface area contributed by atoms with Crippen LogP contribution in [0.15, 0.2) is 24.3 Å². The lowest BCUT2D eigenvalue weighted by Gasteiger charge is -2.21. The van der Waals surface area contributed by atoms with E-state index in [4.69, 9.17) is 5.11 Å². The molecule has 1 aliphatic heterocycles. The number of carbonyl (C=O) groups is 2. The molecule has 1 amide bonds. The molecule has 0 aliphatic carbocycles. The Morgan fingerprint density at radius 3 is 2.65 bits per heavy atom. The van der Waals surface area contributed by atoms with E-state index >= 15 is 0 Å². The minimum atomic E-state index is -0.865. The number of hydrogen-bond donors (Lipinski definition) is 3. The Bertz CT molecular complexity index is 508. The normalized spacial score (nSPS) is 21.6. The molecule has 1 atom stereocenters. The first-order valence-corrected chi connectivity index (χ1v) is 6.79. The Labute approximate surface area is 118 Å². The summed E-state index contributed by atoms with van der Waals surface area (Å²) in [4.78, 5) is 23.0. The summed E-state index contributed by atoms with van der Waals surface area (Å²) in [6.45, 7) is 3.87. The molecule has 1 saturated heterocycles. The van der Waals surface area contributed by atoms with Crippen molar-refractivity contribution in [3.63, 3.8) is 0 Å². The lowest BCUT2D eigenvalue weighted by Crippen LogP contribution is -2.40. The molecular weight excluding hydrogens is 256 g/mol. The Kier molecular flexibility index (Phi) is 4.39. The number of rotatable bonds is 5. The van der Waals surface area contributed by atoms with Crippen molar-refractivity contribution >= 4 is 11.9 Å². The summed E-state index contributed by atoms with van der Waals surface area (Å²) in [7, 11) is 0. The second-order valence-corrected chi connectivity index (χ2v) is 5.51. The monoisotopic (exact) mass is 276 g/mol. The van der Waals surface area contributed by atoms with E-state index in [1.165, 1.54) is 0 Å². The fourth-order valence-electron chi connectivity index (χ4n) is 2.46. The molecule has 1 aromatic carbocycles. The van der Waals surface area contributed by atoms with Crippen molar-refractivity contribution in [1.82, 2.24) is 10.6 Å². The van der Waals surface area contributed by atoms with Gasteiger partial charge in [-0.3, -0.25) is 9.59 Å². The maximum Gasteiger partial charge on any atom is 0.307 e. The maximum atomic E-state index is 12.2. The van der Waals surface area contributed by atoms with Crippen molar-refractivity contribution in [2.24, 2.45) is 5.41 Å². The first-order valence-electron chi connectivity index (χ1n) is 6.79. The van der Waals surface area contributed by atoms with Gasteiger partial charge in [0, 0.05) is 13.1 Å². The average molecular weight is 276 g/mol. The summed E-state index contributed by atoms with van der Waals surface area (Å²) in [6, 6.07) is 7.31. The second-order valence-electron chi connectivity index (χ2n) is 5.51. The van der Waals surface area contributed by atoms with Crippen LogP contribution in [0, 0.1) is 5.41 Å². The van der Waals surface area contributed by atoms with Crippen LogP contribution in [-0.4, -0.2) is 30.1 Å². The van der Waals surface area contributed by atoms with Crippen LogP contribution in [0.5, 0.6) is 0 Å². The van der Waals surface area contributed by atoms with Gasteiger partial charge in [0.05, 0.1) is 11.8 Å². The Morgan fingerprint density at radius 1 is 1.35 bits per heavy atom. The van der Waals surface area contributed by atoms with Crippen LogP contribution < -0.4 is 10.6 Å². The van der Waals surface area contributed by atoms with Gasteiger partial charge in [-0.15, -0.1) is 0 Å². The van der Waals surface area contributed by atoms with E-state index in [2.05, 4.69) is 10.6 Å². The van der Waals surface area contributed by atoms with Crippen molar-refractivity contribution in [3.05, 3.63) is 35.4 Å². The largest absolute Gasteiger partial charge is 0.481 e. The van der Waals surface area contributed by atoms with Crippen LogP contribution >= 0.6 is 0 Å². The highest BCUT2D eigenvalue weighted by Crippen LogP contribution is 2.24. The number of benzene rings is 1. The molecule has 2 rings (SSSR count). The number of amides is 1. The van der Waals surface area contributed by atoms with Crippen LogP contribution in [0.3, 0.4) is 0 Å². The molecule has 0 radical (unpaired) electrons. The standard InChI is InChI=1S/C15H20N2O3/c1-15(6-7-16-10-15)14(20)17-9-12-5-3-2-4-11(12)8-13(18)19/h2-5,16H,6-10H2,1H3,(H,17,20)(H,18,19). The van der Waals surface area contributed by atoms with Crippen molar-refractivity contribution in [1.29, 1.82) is 0 Å². The summed E-state index contributed by atoms with van der Waals surface area (Å²) < 4.78 is 0. The molecule has 1 aliphatic rings.